The molecular formula is C16H26N2O. The van der Waals surface area contributed by atoms with Crippen LogP contribution in [-0.4, -0.2) is 32.3 Å². The van der Waals surface area contributed by atoms with Crippen LogP contribution >= 0.6 is 0 Å². The summed E-state index contributed by atoms with van der Waals surface area (Å²) in [4.78, 5) is 2.47. The van der Waals surface area contributed by atoms with Crippen molar-refractivity contribution in [2.24, 2.45) is 0 Å². The number of hydrogen-bond donors (Lipinski definition) is 1. The monoisotopic (exact) mass is 262 g/mol. The third-order valence-corrected chi connectivity index (χ3v) is 3.53. The van der Waals surface area contributed by atoms with Gasteiger partial charge >= 0.3 is 0 Å². The highest BCUT2D eigenvalue weighted by Gasteiger charge is 2.17. The Hall–Kier alpha value is -1.06. The lowest BCUT2D eigenvalue weighted by molar-refractivity contribution is 0.0821. The minimum Gasteiger partial charge on any atom is -0.377 e. The second kappa shape index (κ2) is 7.51. The molecule has 1 aromatic carbocycles. The van der Waals surface area contributed by atoms with Crippen LogP contribution in [0, 0.1) is 0 Å². The van der Waals surface area contributed by atoms with Crippen LogP contribution in [-0.2, 0) is 11.3 Å². The van der Waals surface area contributed by atoms with E-state index in [2.05, 4.69) is 48.3 Å². The summed E-state index contributed by atoms with van der Waals surface area (Å²) in [5, 5.41) is 3.50. The first-order valence-corrected chi connectivity index (χ1v) is 7.46. The van der Waals surface area contributed by atoms with Crippen LogP contribution in [0.3, 0.4) is 0 Å². The average Bonchev–Trinajstić information content (AvgIpc) is 2.64. The van der Waals surface area contributed by atoms with E-state index in [9.17, 15) is 0 Å². The second-order valence-corrected chi connectivity index (χ2v) is 5.29. The summed E-state index contributed by atoms with van der Waals surface area (Å²) >= 11 is 0. The maximum atomic E-state index is 5.74. The van der Waals surface area contributed by atoms with Gasteiger partial charge in [-0.05, 0) is 37.9 Å². The van der Waals surface area contributed by atoms with Gasteiger partial charge in [-0.15, -0.1) is 0 Å². The van der Waals surface area contributed by atoms with E-state index in [0.717, 1.165) is 39.2 Å². The Morgan fingerprint density at radius 3 is 3.05 bits per heavy atom. The zero-order valence-corrected chi connectivity index (χ0v) is 12.2. The van der Waals surface area contributed by atoms with Crippen molar-refractivity contribution < 1.29 is 4.74 Å². The lowest BCUT2D eigenvalue weighted by atomic mass is 10.1. The largest absolute Gasteiger partial charge is 0.377 e. The highest BCUT2D eigenvalue weighted by molar-refractivity contribution is 5.53. The number of hydrogen-bond acceptors (Lipinski definition) is 3. The van der Waals surface area contributed by atoms with Gasteiger partial charge in [-0.3, -0.25) is 0 Å². The van der Waals surface area contributed by atoms with Crippen LogP contribution in [0.1, 0.15) is 32.3 Å². The molecule has 0 aliphatic carbocycles. The first-order valence-electron chi connectivity index (χ1n) is 7.46. The lowest BCUT2D eigenvalue weighted by Crippen LogP contribution is -2.31. The summed E-state index contributed by atoms with van der Waals surface area (Å²) in [6, 6.07) is 8.73. The van der Waals surface area contributed by atoms with Crippen molar-refractivity contribution in [2.45, 2.75) is 39.3 Å². The molecule has 1 atom stereocenters. The molecule has 0 amide bonds. The van der Waals surface area contributed by atoms with Gasteiger partial charge in [-0.1, -0.05) is 25.1 Å². The zero-order chi connectivity index (χ0) is 13.5. The van der Waals surface area contributed by atoms with Crippen molar-refractivity contribution in [1.82, 2.24) is 5.32 Å². The Bertz CT molecular complexity index is 381. The van der Waals surface area contributed by atoms with Crippen molar-refractivity contribution in [3.8, 4) is 0 Å². The van der Waals surface area contributed by atoms with Gasteiger partial charge in [-0.25, -0.2) is 0 Å². The molecule has 0 spiro atoms. The number of para-hydroxylation sites is 1. The predicted molar refractivity (Wildman–Crippen MR) is 80.7 cm³/mol. The number of anilines is 1. The fourth-order valence-electron chi connectivity index (χ4n) is 2.58. The molecule has 0 saturated carbocycles. The fourth-order valence-corrected chi connectivity index (χ4v) is 2.58. The quantitative estimate of drug-likeness (QED) is 0.826. The summed E-state index contributed by atoms with van der Waals surface area (Å²) in [5.41, 5.74) is 2.76. The molecule has 1 aliphatic heterocycles. The molecule has 1 fully saturated rings. The van der Waals surface area contributed by atoms with Crippen molar-refractivity contribution in [3.63, 3.8) is 0 Å². The van der Waals surface area contributed by atoms with Crippen LogP contribution in [0.15, 0.2) is 24.3 Å². The summed E-state index contributed by atoms with van der Waals surface area (Å²) in [6.45, 7) is 9.36. The van der Waals surface area contributed by atoms with Crippen molar-refractivity contribution in [2.75, 3.05) is 31.1 Å². The van der Waals surface area contributed by atoms with Crippen LogP contribution in [0.25, 0.3) is 0 Å². The fraction of sp³-hybridized carbons (Fsp3) is 0.625. The molecule has 2 rings (SSSR count). The highest BCUT2D eigenvalue weighted by Crippen LogP contribution is 2.22. The van der Waals surface area contributed by atoms with Gasteiger partial charge < -0.3 is 15.0 Å². The normalized spacial score (nSPS) is 20.3. The van der Waals surface area contributed by atoms with Gasteiger partial charge in [0.05, 0.1) is 6.10 Å². The topological polar surface area (TPSA) is 24.5 Å². The lowest BCUT2D eigenvalue weighted by Gasteiger charge is -2.27. The van der Waals surface area contributed by atoms with Gasteiger partial charge in [0.25, 0.3) is 0 Å². The summed E-state index contributed by atoms with van der Waals surface area (Å²) in [6.07, 6.45) is 2.61. The molecule has 0 bridgehead atoms. The van der Waals surface area contributed by atoms with Crippen molar-refractivity contribution >= 4 is 5.69 Å². The minimum atomic E-state index is 0.319. The maximum Gasteiger partial charge on any atom is 0.0721 e. The van der Waals surface area contributed by atoms with Gasteiger partial charge in [0.1, 0.15) is 0 Å². The molecule has 106 valence electrons. The molecule has 0 aromatic heterocycles. The third kappa shape index (κ3) is 4.22. The molecule has 1 aromatic rings. The molecule has 1 unspecified atom stereocenters. The Morgan fingerprint density at radius 1 is 1.37 bits per heavy atom. The predicted octanol–water partition coefficient (Wildman–Crippen LogP) is 2.80. The molecular weight excluding hydrogens is 236 g/mol. The maximum absolute atomic E-state index is 5.74. The number of nitrogens with one attached hydrogen (secondary N) is 1. The number of rotatable bonds is 5. The minimum absolute atomic E-state index is 0.319. The van der Waals surface area contributed by atoms with Crippen molar-refractivity contribution in [3.05, 3.63) is 29.8 Å². The third-order valence-electron chi connectivity index (χ3n) is 3.53. The van der Waals surface area contributed by atoms with E-state index in [-0.39, 0.29) is 0 Å². The van der Waals surface area contributed by atoms with E-state index < -0.39 is 0 Å². The van der Waals surface area contributed by atoms with E-state index >= 15 is 0 Å². The SMILES string of the molecule is CCCNCc1ccccc1N1CCCOC(C)C1. The average molecular weight is 262 g/mol. The first-order chi connectivity index (χ1) is 9.31. The Balaban J connectivity index is 2.08. The van der Waals surface area contributed by atoms with Crippen LogP contribution in [0.2, 0.25) is 0 Å². The Labute approximate surface area is 116 Å². The number of benzene rings is 1. The van der Waals surface area contributed by atoms with E-state index in [4.69, 9.17) is 4.74 Å². The molecule has 1 heterocycles. The molecule has 3 nitrogen and oxygen atoms in total. The molecule has 1 N–H and O–H groups in total. The van der Waals surface area contributed by atoms with Gasteiger partial charge in [0.15, 0.2) is 0 Å². The zero-order valence-electron chi connectivity index (χ0n) is 12.2. The highest BCUT2D eigenvalue weighted by atomic mass is 16.5. The molecule has 19 heavy (non-hydrogen) atoms. The van der Waals surface area contributed by atoms with E-state index in [0.29, 0.717) is 6.10 Å². The van der Waals surface area contributed by atoms with E-state index in [1.165, 1.54) is 17.7 Å². The van der Waals surface area contributed by atoms with Gasteiger partial charge in [0, 0.05) is 31.9 Å². The van der Waals surface area contributed by atoms with E-state index in [1.54, 1.807) is 0 Å². The number of ether oxygens (including phenoxy) is 1. The van der Waals surface area contributed by atoms with Crippen molar-refractivity contribution in [1.29, 1.82) is 0 Å². The molecule has 1 saturated heterocycles. The van der Waals surface area contributed by atoms with Crippen LogP contribution in [0.5, 0.6) is 0 Å². The summed E-state index contributed by atoms with van der Waals surface area (Å²) in [7, 11) is 0. The van der Waals surface area contributed by atoms with Gasteiger partial charge in [0.2, 0.25) is 0 Å². The van der Waals surface area contributed by atoms with E-state index in [1.807, 2.05) is 0 Å². The Kier molecular flexibility index (Phi) is 5.67. The summed E-state index contributed by atoms with van der Waals surface area (Å²) < 4.78 is 5.74. The second-order valence-electron chi connectivity index (χ2n) is 5.29. The van der Waals surface area contributed by atoms with Gasteiger partial charge in [-0.2, -0.15) is 0 Å². The molecule has 0 radical (unpaired) electrons. The van der Waals surface area contributed by atoms with Crippen LogP contribution in [0.4, 0.5) is 5.69 Å². The first kappa shape index (κ1) is 14.4. The Morgan fingerprint density at radius 2 is 2.21 bits per heavy atom. The van der Waals surface area contributed by atoms with Crippen LogP contribution < -0.4 is 10.2 Å². The molecule has 3 heteroatoms. The number of nitrogens with zero attached hydrogens (tertiary/aromatic N) is 1. The molecule has 1 aliphatic rings. The smallest absolute Gasteiger partial charge is 0.0721 e. The summed E-state index contributed by atoms with van der Waals surface area (Å²) in [5.74, 6) is 0. The standard InChI is InChI=1S/C16H26N2O/c1-3-9-17-12-15-7-4-5-8-16(15)18-10-6-11-19-14(2)13-18/h4-5,7-8,14,17H,3,6,9-13H2,1-2H3.